The number of nitrogens with zero attached hydrogens (tertiary/aromatic N) is 7. The van der Waals surface area contributed by atoms with Crippen molar-refractivity contribution < 1.29 is 14.4 Å². The van der Waals surface area contributed by atoms with Crippen molar-refractivity contribution in [2.24, 2.45) is 11.3 Å². The van der Waals surface area contributed by atoms with Gasteiger partial charge in [-0.15, -0.1) is 10.2 Å². The Labute approximate surface area is 321 Å². The third-order valence-electron chi connectivity index (χ3n) is 12.5. The van der Waals surface area contributed by atoms with E-state index >= 15 is 0 Å². The number of rotatable bonds is 8. The van der Waals surface area contributed by atoms with Gasteiger partial charge in [0.25, 0.3) is 5.91 Å². The van der Waals surface area contributed by atoms with Gasteiger partial charge in [-0.3, -0.25) is 19.7 Å². The van der Waals surface area contributed by atoms with Crippen LogP contribution in [0.25, 0.3) is 0 Å². The number of aromatic nitrogens is 2. The first-order chi connectivity index (χ1) is 26.1. The van der Waals surface area contributed by atoms with Crippen LogP contribution in [0.3, 0.4) is 0 Å². The van der Waals surface area contributed by atoms with Crippen LogP contribution in [0.1, 0.15) is 79.4 Å². The van der Waals surface area contributed by atoms with Gasteiger partial charge in [0.05, 0.1) is 10.6 Å². The molecule has 8 rings (SSSR count). The summed E-state index contributed by atoms with van der Waals surface area (Å²) in [4.78, 5) is 46.1. The zero-order chi connectivity index (χ0) is 37.4. The van der Waals surface area contributed by atoms with Gasteiger partial charge >= 0.3 is 0 Å². The highest BCUT2D eigenvalue weighted by molar-refractivity contribution is 6.32. The lowest BCUT2D eigenvalue weighted by Crippen LogP contribution is -2.54. The number of nitrogens with one attached hydrogen (secondary N) is 2. The van der Waals surface area contributed by atoms with Crippen molar-refractivity contribution in [1.29, 1.82) is 5.26 Å². The number of imide groups is 1. The molecule has 1 aromatic heterocycles. The van der Waals surface area contributed by atoms with E-state index < -0.39 is 0 Å². The maximum absolute atomic E-state index is 13.3. The van der Waals surface area contributed by atoms with Crippen molar-refractivity contribution in [3.8, 4) is 6.07 Å². The molecule has 2 aromatic carbocycles. The highest BCUT2D eigenvalue weighted by Gasteiger charge is 2.44. The lowest BCUT2D eigenvalue weighted by atomic mass is 9.77. The van der Waals surface area contributed by atoms with Gasteiger partial charge in [-0.2, -0.15) is 5.26 Å². The molecule has 2 N–H and O–H groups in total. The van der Waals surface area contributed by atoms with Crippen LogP contribution < -0.4 is 20.4 Å². The molecular formula is C41H48ClN9O3. The molecule has 2 atom stereocenters. The first-order valence-electron chi connectivity index (χ1n) is 19.4. The summed E-state index contributed by atoms with van der Waals surface area (Å²) in [6.45, 7) is 9.57. The summed E-state index contributed by atoms with van der Waals surface area (Å²) in [5.74, 6) is 1.25. The van der Waals surface area contributed by atoms with Crippen molar-refractivity contribution in [3.05, 3.63) is 76.4 Å². The Hall–Kier alpha value is -4.73. The summed E-state index contributed by atoms with van der Waals surface area (Å²) in [6.07, 6.45) is 6.25. The van der Waals surface area contributed by atoms with E-state index in [1.807, 2.05) is 47.4 Å². The van der Waals surface area contributed by atoms with Crippen molar-refractivity contribution in [2.75, 3.05) is 67.5 Å². The Morgan fingerprint density at radius 2 is 1.81 bits per heavy atom. The summed E-state index contributed by atoms with van der Waals surface area (Å²) in [7, 11) is 0. The fourth-order valence-corrected chi connectivity index (χ4v) is 9.58. The van der Waals surface area contributed by atoms with E-state index in [9.17, 15) is 19.6 Å². The molecule has 6 heterocycles. The topological polar surface area (TPSA) is 138 Å². The van der Waals surface area contributed by atoms with E-state index in [1.54, 1.807) is 0 Å². The van der Waals surface area contributed by atoms with Crippen LogP contribution in [0.4, 0.5) is 17.2 Å². The summed E-state index contributed by atoms with van der Waals surface area (Å²) in [5.41, 5.74) is 4.42. The quantitative estimate of drug-likeness (QED) is 0.301. The molecule has 0 aliphatic carbocycles. The molecule has 1 spiro atoms. The maximum Gasteiger partial charge on any atom is 0.274 e. The third-order valence-corrected chi connectivity index (χ3v) is 12.8. The second-order valence-corrected chi connectivity index (χ2v) is 16.6. The minimum Gasteiger partial charge on any atom is -0.374 e. The van der Waals surface area contributed by atoms with Crippen LogP contribution in [-0.4, -0.2) is 102 Å². The number of halogens is 1. The lowest BCUT2D eigenvalue weighted by Gasteiger charge is -2.43. The number of amides is 3. The zero-order valence-corrected chi connectivity index (χ0v) is 31.6. The number of hydrogen-bond donors (Lipinski definition) is 2. The van der Waals surface area contributed by atoms with E-state index in [2.05, 4.69) is 60.7 Å². The van der Waals surface area contributed by atoms with Gasteiger partial charge in [-0.1, -0.05) is 23.7 Å². The molecule has 0 saturated carbocycles. The normalized spacial score (nSPS) is 23.6. The van der Waals surface area contributed by atoms with Crippen molar-refractivity contribution in [1.82, 2.24) is 25.3 Å². The number of anilines is 3. The Bertz CT molecular complexity index is 1930. The Kier molecular flexibility index (Phi) is 10.2. The molecule has 5 aliphatic heterocycles. The Balaban J connectivity index is 0.764. The van der Waals surface area contributed by atoms with Gasteiger partial charge in [0.2, 0.25) is 11.8 Å². The van der Waals surface area contributed by atoms with Crippen LogP contribution in [0.15, 0.2) is 54.6 Å². The van der Waals surface area contributed by atoms with Gasteiger partial charge in [-0.25, -0.2) is 0 Å². The van der Waals surface area contributed by atoms with Crippen molar-refractivity contribution in [3.63, 3.8) is 0 Å². The first kappa shape index (κ1) is 36.3. The highest BCUT2D eigenvalue weighted by Crippen LogP contribution is 2.46. The van der Waals surface area contributed by atoms with Crippen LogP contribution in [0.2, 0.25) is 5.02 Å². The number of carbonyl (C=O) groups excluding carboxylic acids is 3. The van der Waals surface area contributed by atoms with E-state index in [4.69, 9.17) is 11.6 Å². The second-order valence-electron chi connectivity index (χ2n) is 16.1. The summed E-state index contributed by atoms with van der Waals surface area (Å²) in [5, 5.41) is 24.4. The molecule has 5 aliphatic rings. The summed E-state index contributed by atoms with van der Waals surface area (Å²) in [6, 6.07) is 20.0. The van der Waals surface area contributed by atoms with Gasteiger partial charge in [0.15, 0.2) is 11.5 Å². The number of hydrogen-bond acceptors (Lipinski definition) is 10. The SMILES string of the molecule is CC1CC2(CCN(c3ccc(C(=O)N4CC(CN5CCC(c6cccc(NC7CCC(=O)NC7=O)c6)CC5)C4)nn3)CC2)CN1c1ccc(C#N)c(Cl)c1. The summed E-state index contributed by atoms with van der Waals surface area (Å²) < 4.78 is 0. The molecule has 3 aromatic rings. The number of piperidine rings is 3. The molecule has 5 saturated heterocycles. The number of carbonyl (C=O) groups is 3. The number of nitriles is 1. The average Bonchev–Trinajstić information content (AvgIpc) is 3.49. The molecule has 2 unspecified atom stereocenters. The molecule has 0 radical (unpaired) electrons. The van der Waals surface area contributed by atoms with E-state index in [-0.39, 0.29) is 29.2 Å². The minimum atomic E-state index is -0.383. The van der Waals surface area contributed by atoms with Gasteiger partial charge in [0, 0.05) is 69.0 Å². The fourth-order valence-electron chi connectivity index (χ4n) is 9.36. The molecule has 12 nitrogen and oxygen atoms in total. The average molecular weight is 750 g/mol. The molecule has 0 bridgehead atoms. The molecule has 54 heavy (non-hydrogen) atoms. The maximum atomic E-state index is 13.3. The van der Waals surface area contributed by atoms with E-state index in [0.717, 1.165) is 102 Å². The van der Waals surface area contributed by atoms with Gasteiger partial charge in [-0.05, 0) is 118 Å². The van der Waals surface area contributed by atoms with Gasteiger partial charge < -0.3 is 24.9 Å². The molecule has 13 heteroatoms. The zero-order valence-electron chi connectivity index (χ0n) is 30.8. The first-order valence-corrected chi connectivity index (χ1v) is 19.8. The van der Waals surface area contributed by atoms with E-state index in [0.29, 0.717) is 47.0 Å². The van der Waals surface area contributed by atoms with Crippen LogP contribution in [-0.2, 0) is 9.59 Å². The largest absolute Gasteiger partial charge is 0.374 e. The fraction of sp³-hybridized carbons (Fsp3) is 0.512. The van der Waals surface area contributed by atoms with Crippen molar-refractivity contribution >= 4 is 46.5 Å². The monoisotopic (exact) mass is 749 g/mol. The second kappa shape index (κ2) is 15.2. The van der Waals surface area contributed by atoms with Crippen LogP contribution in [0.5, 0.6) is 0 Å². The number of benzene rings is 2. The highest BCUT2D eigenvalue weighted by atomic mass is 35.5. The lowest BCUT2D eigenvalue weighted by molar-refractivity contribution is -0.133. The standard InChI is InChI=1S/C41H48ClN9O3/c1-27-21-41(26-51(27)33-6-5-31(22-43)34(42)20-33)13-17-49(18-14-41)37-9-7-36(46-47-37)40(54)50-24-28(25-50)23-48-15-11-29(12-16-48)30-3-2-4-32(19-30)44-35-8-10-38(52)45-39(35)53/h2-7,9,19-20,27-29,35,44H,8,10-18,21,23-26H2,1H3,(H,45,52,53). The summed E-state index contributed by atoms with van der Waals surface area (Å²) >= 11 is 6.36. The third kappa shape index (κ3) is 7.62. The van der Waals surface area contributed by atoms with E-state index in [1.165, 1.54) is 5.56 Å². The molecular weight excluding hydrogens is 702 g/mol. The predicted molar refractivity (Wildman–Crippen MR) is 208 cm³/mol. The van der Waals surface area contributed by atoms with Gasteiger partial charge in [0.1, 0.15) is 12.1 Å². The Morgan fingerprint density at radius 3 is 2.52 bits per heavy atom. The molecule has 5 fully saturated rings. The molecule has 3 amide bonds. The predicted octanol–water partition coefficient (Wildman–Crippen LogP) is 5.06. The molecule has 282 valence electrons. The smallest absolute Gasteiger partial charge is 0.274 e. The van der Waals surface area contributed by atoms with Crippen LogP contribution in [0, 0.1) is 22.7 Å². The van der Waals surface area contributed by atoms with Crippen molar-refractivity contribution in [2.45, 2.75) is 69.9 Å². The Morgan fingerprint density at radius 1 is 1.02 bits per heavy atom. The minimum absolute atomic E-state index is 0.0460. The van der Waals surface area contributed by atoms with Crippen LogP contribution >= 0.6 is 11.6 Å². The number of likely N-dealkylation sites (tertiary alicyclic amines) is 2.